The smallest absolute Gasteiger partial charge is 0.490 e. The van der Waals surface area contributed by atoms with Gasteiger partial charge in [-0.1, -0.05) is 19.3 Å². The van der Waals surface area contributed by atoms with Gasteiger partial charge in [-0.15, -0.1) is 0 Å². The minimum absolute atomic E-state index is 0.0605. The van der Waals surface area contributed by atoms with Crippen molar-refractivity contribution in [3.8, 4) is 5.75 Å². The second-order valence-corrected chi connectivity index (χ2v) is 9.65. The Morgan fingerprint density at radius 2 is 1.59 bits per heavy atom. The van der Waals surface area contributed by atoms with Gasteiger partial charge in [0.25, 0.3) is 10.0 Å². The summed E-state index contributed by atoms with van der Waals surface area (Å²) in [5, 5.41) is 16.5. The third-order valence-electron chi connectivity index (χ3n) is 5.20. The zero-order valence-corrected chi connectivity index (χ0v) is 20.8. The number of alkyl halides is 3. The first kappa shape index (κ1) is 29.7. The average Bonchev–Trinajstić information content (AvgIpc) is 2.79. The number of aromatic carboxylic acids is 1. The lowest BCUT2D eigenvalue weighted by molar-refractivity contribution is -0.192. The fourth-order valence-corrected chi connectivity index (χ4v) is 4.50. The summed E-state index contributed by atoms with van der Waals surface area (Å²) < 4.78 is 65.6. The molecule has 0 aliphatic carbocycles. The van der Waals surface area contributed by atoms with E-state index in [9.17, 15) is 31.5 Å². The molecule has 37 heavy (non-hydrogen) atoms. The molecule has 0 atom stereocenters. The lowest BCUT2D eigenvalue weighted by Crippen LogP contribution is -2.29. The molecule has 1 saturated heterocycles. The van der Waals surface area contributed by atoms with Crippen molar-refractivity contribution in [3.63, 3.8) is 0 Å². The molecule has 0 bridgehead atoms. The van der Waals surface area contributed by atoms with Crippen LogP contribution in [0.25, 0.3) is 0 Å². The van der Waals surface area contributed by atoms with E-state index in [0.717, 1.165) is 38.8 Å². The van der Waals surface area contributed by atoms with Crippen LogP contribution < -0.4 is 14.4 Å². The maximum Gasteiger partial charge on any atom is 0.490 e. The van der Waals surface area contributed by atoms with E-state index in [1.54, 1.807) is 12.1 Å². The van der Waals surface area contributed by atoms with Crippen LogP contribution >= 0.6 is 0 Å². The lowest BCUT2D eigenvalue weighted by Gasteiger charge is -2.28. The highest BCUT2D eigenvalue weighted by molar-refractivity contribution is 7.92. The van der Waals surface area contributed by atoms with Gasteiger partial charge in [-0.25, -0.2) is 23.0 Å². The van der Waals surface area contributed by atoms with Crippen molar-refractivity contribution in [3.05, 3.63) is 42.1 Å². The number of nitrogens with zero attached hydrogens (tertiary/aromatic N) is 2. The second kappa shape index (κ2) is 13.1. The molecule has 1 fully saturated rings. The van der Waals surface area contributed by atoms with Crippen LogP contribution in [0.2, 0.25) is 0 Å². The molecular formula is C23H28F3N3O7S. The lowest BCUT2D eigenvalue weighted by atomic mass is 10.1. The van der Waals surface area contributed by atoms with Crippen molar-refractivity contribution in [2.45, 2.75) is 50.1 Å². The number of halogens is 3. The minimum Gasteiger partial charge on any atom is -0.494 e. The Labute approximate surface area is 212 Å². The number of hydrogen-bond acceptors (Lipinski definition) is 7. The Balaban J connectivity index is 0.000000604. The molecule has 0 saturated carbocycles. The fourth-order valence-electron chi connectivity index (χ4n) is 3.45. The molecule has 14 heteroatoms. The number of aromatic nitrogens is 1. The zero-order valence-electron chi connectivity index (χ0n) is 20.0. The van der Waals surface area contributed by atoms with Crippen molar-refractivity contribution in [2.24, 2.45) is 0 Å². The molecule has 204 valence electrons. The third kappa shape index (κ3) is 9.12. The van der Waals surface area contributed by atoms with Gasteiger partial charge in [0.1, 0.15) is 5.75 Å². The first-order chi connectivity index (χ1) is 17.3. The average molecular weight is 548 g/mol. The fraction of sp³-hybridized carbons (Fsp3) is 0.435. The second-order valence-electron chi connectivity index (χ2n) is 7.97. The number of carboxylic acids is 2. The number of ether oxygens (including phenoxy) is 1. The first-order valence-electron chi connectivity index (χ1n) is 11.4. The Kier molecular flexibility index (Phi) is 10.5. The number of nitrogens with one attached hydrogen (secondary N) is 1. The van der Waals surface area contributed by atoms with Gasteiger partial charge in [-0.3, -0.25) is 4.72 Å². The molecule has 0 radical (unpaired) electrons. The van der Waals surface area contributed by atoms with E-state index in [2.05, 4.69) is 9.71 Å². The summed E-state index contributed by atoms with van der Waals surface area (Å²) in [4.78, 5) is 26.7. The van der Waals surface area contributed by atoms with Crippen molar-refractivity contribution in [1.82, 2.24) is 4.98 Å². The number of hydrogen-bond donors (Lipinski definition) is 3. The minimum atomic E-state index is -5.08. The molecule has 1 aliphatic rings. The molecule has 0 unspecified atom stereocenters. The van der Waals surface area contributed by atoms with E-state index in [-0.39, 0.29) is 16.1 Å². The highest BCUT2D eigenvalue weighted by atomic mass is 32.2. The van der Waals surface area contributed by atoms with Crippen molar-refractivity contribution >= 4 is 33.5 Å². The number of rotatable bonds is 7. The van der Waals surface area contributed by atoms with Crippen LogP contribution in [0.3, 0.4) is 0 Å². The van der Waals surface area contributed by atoms with Gasteiger partial charge in [0.15, 0.2) is 5.82 Å². The molecule has 1 aromatic heterocycles. The molecule has 1 aromatic carbocycles. The Hall–Kier alpha value is -3.55. The number of pyridine rings is 1. The predicted octanol–water partition coefficient (Wildman–Crippen LogP) is 4.38. The van der Waals surface area contributed by atoms with Gasteiger partial charge >= 0.3 is 18.1 Å². The van der Waals surface area contributed by atoms with E-state index in [4.69, 9.17) is 14.6 Å². The maximum atomic E-state index is 13.0. The molecular weight excluding hydrogens is 519 g/mol. The van der Waals surface area contributed by atoms with E-state index < -0.39 is 28.1 Å². The standard InChI is InChI=1S/C21H27N3O5S.C2HF3O2/c1-2-29-17-8-10-18(11-9-17)30(27,28)23-19-14-16(21(25)26)15-22-20(19)24-12-6-4-3-5-7-13-24;3-2(4,5)1(6)7/h8-11,14-15,23H,2-7,12-13H2,1H3,(H,25,26);(H,6,7). The summed E-state index contributed by atoms with van der Waals surface area (Å²) in [5.74, 6) is -2.89. The van der Waals surface area contributed by atoms with E-state index >= 15 is 0 Å². The maximum absolute atomic E-state index is 13.0. The van der Waals surface area contributed by atoms with Crippen LogP contribution in [-0.2, 0) is 14.8 Å². The number of aliphatic carboxylic acids is 1. The SMILES string of the molecule is CCOc1ccc(S(=O)(=O)Nc2cc(C(=O)O)cnc2N2CCCCCCC2)cc1.O=C(O)C(F)(F)F. The molecule has 0 amide bonds. The summed E-state index contributed by atoms with van der Waals surface area (Å²) in [7, 11) is -3.93. The van der Waals surface area contributed by atoms with Crippen LogP contribution in [0.4, 0.5) is 24.7 Å². The van der Waals surface area contributed by atoms with Gasteiger partial charge in [-0.05, 0) is 50.1 Å². The third-order valence-corrected chi connectivity index (χ3v) is 6.58. The van der Waals surface area contributed by atoms with Gasteiger partial charge in [0.2, 0.25) is 0 Å². The number of anilines is 2. The molecule has 0 spiro atoms. The van der Waals surface area contributed by atoms with Gasteiger partial charge in [0, 0.05) is 19.3 Å². The zero-order chi connectivity index (χ0) is 27.6. The number of carbonyl (C=O) groups is 2. The van der Waals surface area contributed by atoms with Crippen LogP contribution in [0.5, 0.6) is 5.75 Å². The molecule has 3 N–H and O–H groups in total. The molecule has 10 nitrogen and oxygen atoms in total. The van der Waals surface area contributed by atoms with E-state index in [0.29, 0.717) is 18.2 Å². The Bertz CT molecular complexity index is 1170. The quantitative estimate of drug-likeness (QED) is 0.459. The van der Waals surface area contributed by atoms with Crippen LogP contribution in [0.1, 0.15) is 49.4 Å². The molecule has 2 heterocycles. The summed E-state index contributed by atoms with van der Waals surface area (Å²) in [6.07, 6.45) is 1.55. The highest BCUT2D eigenvalue weighted by Gasteiger charge is 2.38. The summed E-state index contributed by atoms with van der Waals surface area (Å²) in [6, 6.07) is 7.41. The summed E-state index contributed by atoms with van der Waals surface area (Å²) >= 11 is 0. The normalized spacial score (nSPS) is 14.4. The van der Waals surface area contributed by atoms with Crippen LogP contribution in [0.15, 0.2) is 41.4 Å². The van der Waals surface area contributed by atoms with Crippen molar-refractivity contribution in [1.29, 1.82) is 0 Å². The van der Waals surface area contributed by atoms with Gasteiger partial charge in [0.05, 0.1) is 22.8 Å². The first-order valence-corrected chi connectivity index (χ1v) is 12.9. The van der Waals surface area contributed by atoms with Gasteiger partial charge in [-0.2, -0.15) is 13.2 Å². The largest absolute Gasteiger partial charge is 0.494 e. The topological polar surface area (TPSA) is 146 Å². The van der Waals surface area contributed by atoms with E-state index in [1.807, 2.05) is 11.8 Å². The molecule has 3 rings (SSSR count). The molecule has 2 aromatic rings. The summed E-state index contributed by atoms with van der Waals surface area (Å²) in [5.41, 5.74) is 0.0968. The van der Waals surface area contributed by atoms with Crippen LogP contribution in [0, 0.1) is 0 Å². The Morgan fingerprint density at radius 1 is 1.05 bits per heavy atom. The highest BCUT2D eigenvalue weighted by Crippen LogP contribution is 2.29. The van der Waals surface area contributed by atoms with Crippen molar-refractivity contribution in [2.75, 3.05) is 29.3 Å². The predicted molar refractivity (Wildman–Crippen MR) is 129 cm³/mol. The number of sulfonamides is 1. The van der Waals surface area contributed by atoms with Gasteiger partial charge < -0.3 is 19.8 Å². The Morgan fingerprint density at radius 3 is 2.08 bits per heavy atom. The number of benzene rings is 1. The van der Waals surface area contributed by atoms with E-state index in [1.165, 1.54) is 30.8 Å². The number of carboxylic acid groups (broad SMARTS) is 2. The monoisotopic (exact) mass is 547 g/mol. The van der Waals surface area contributed by atoms with Crippen LogP contribution in [-0.4, -0.2) is 61.4 Å². The van der Waals surface area contributed by atoms with Crippen molar-refractivity contribution < 1.29 is 46.1 Å². The summed E-state index contributed by atoms with van der Waals surface area (Å²) in [6.45, 7) is 3.83. The molecule has 1 aliphatic heterocycles.